The number of anilines is 1. The molecule has 0 heterocycles. The Balaban J connectivity index is 2.17. The van der Waals surface area contributed by atoms with E-state index in [9.17, 15) is 4.79 Å². The summed E-state index contributed by atoms with van der Waals surface area (Å²) in [6, 6.07) is 17.0. The van der Waals surface area contributed by atoms with Crippen molar-refractivity contribution in [3.63, 3.8) is 0 Å². The van der Waals surface area contributed by atoms with Crippen molar-refractivity contribution in [1.82, 2.24) is 0 Å². The highest BCUT2D eigenvalue weighted by Crippen LogP contribution is 2.20. The first kappa shape index (κ1) is 14.0. The van der Waals surface area contributed by atoms with E-state index in [1.54, 1.807) is 6.92 Å². The fourth-order valence-corrected chi connectivity index (χ4v) is 2.07. The van der Waals surface area contributed by atoms with Crippen LogP contribution < -0.4 is 11.1 Å². The maximum Gasteiger partial charge on any atom is 0.248 e. The summed E-state index contributed by atoms with van der Waals surface area (Å²) in [6.07, 6.45) is 0. The quantitative estimate of drug-likeness (QED) is 0.821. The zero-order valence-electron chi connectivity index (χ0n) is 10.6. The second kappa shape index (κ2) is 5.71. The summed E-state index contributed by atoms with van der Waals surface area (Å²) in [5, 5.41) is 2.84. The predicted octanol–water partition coefficient (Wildman–Crippen LogP) is 3.10. The molecule has 0 saturated carbocycles. The van der Waals surface area contributed by atoms with Crippen LogP contribution in [0.5, 0.6) is 0 Å². The van der Waals surface area contributed by atoms with Crippen molar-refractivity contribution in [2.45, 2.75) is 12.5 Å². The molecule has 2 aromatic carbocycles. The lowest BCUT2D eigenvalue weighted by atomic mass is 9.92. The molecule has 2 aromatic rings. The van der Waals surface area contributed by atoms with E-state index in [-0.39, 0.29) is 5.91 Å². The lowest BCUT2D eigenvalue weighted by molar-refractivity contribution is -0.120. The summed E-state index contributed by atoms with van der Waals surface area (Å²) in [5.74, 6) is -0.222. The highest BCUT2D eigenvalue weighted by atomic mass is 127. The molecule has 1 unspecified atom stereocenters. The number of hydrogen-bond donors (Lipinski definition) is 2. The summed E-state index contributed by atoms with van der Waals surface area (Å²) in [5.41, 5.74) is 6.63. The van der Waals surface area contributed by atoms with E-state index in [1.807, 2.05) is 54.6 Å². The van der Waals surface area contributed by atoms with Crippen molar-refractivity contribution in [2.24, 2.45) is 5.73 Å². The summed E-state index contributed by atoms with van der Waals surface area (Å²) >= 11 is 2.22. The van der Waals surface area contributed by atoms with Gasteiger partial charge in [-0.05, 0) is 59.3 Å². The molecule has 2 rings (SSSR count). The van der Waals surface area contributed by atoms with E-state index in [4.69, 9.17) is 5.73 Å². The van der Waals surface area contributed by atoms with E-state index >= 15 is 0 Å². The number of rotatable bonds is 3. The molecule has 3 N–H and O–H groups in total. The Morgan fingerprint density at radius 3 is 2.26 bits per heavy atom. The number of nitrogens with one attached hydrogen (secondary N) is 1. The molecule has 1 amide bonds. The van der Waals surface area contributed by atoms with Crippen LogP contribution in [0.3, 0.4) is 0 Å². The van der Waals surface area contributed by atoms with Crippen molar-refractivity contribution in [1.29, 1.82) is 0 Å². The molecule has 4 heteroatoms. The van der Waals surface area contributed by atoms with Crippen LogP contribution in [-0.2, 0) is 10.3 Å². The first-order chi connectivity index (χ1) is 9.00. The first-order valence-electron chi connectivity index (χ1n) is 5.91. The van der Waals surface area contributed by atoms with Gasteiger partial charge < -0.3 is 11.1 Å². The normalized spacial score (nSPS) is 13.6. The van der Waals surface area contributed by atoms with Gasteiger partial charge in [-0.25, -0.2) is 0 Å². The molecule has 3 nitrogen and oxygen atoms in total. The highest BCUT2D eigenvalue weighted by Gasteiger charge is 2.30. The maximum atomic E-state index is 12.3. The van der Waals surface area contributed by atoms with Crippen LogP contribution in [-0.4, -0.2) is 5.91 Å². The topological polar surface area (TPSA) is 55.1 Å². The van der Waals surface area contributed by atoms with Gasteiger partial charge in [0.2, 0.25) is 5.91 Å². The molecule has 0 bridgehead atoms. The van der Waals surface area contributed by atoms with Crippen LogP contribution in [0.15, 0.2) is 54.6 Å². The van der Waals surface area contributed by atoms with Crippen molar-refractivity contribution < 1.29 is 4.79 Å². The molecule has 0 radical (unpaired) electrons. The third kappa shape index (κ3) is 3.33. The van der Waals surface area contributed by atoms with E-state index in [1.165, 1.54) is 0 Å². The van der Waals surface area contributed by atoms with Crippen molar-refractivity contribution in [3.8, 4) is 0 Å². The molecule has 0 aliphatic carbocycles. The molecule has 98 valence electrons. The van der Waals surface area contributed by atoms with Crippen LogP contribution in [0.1, 0.15) is 12.5 Å². The predicted molar refractivity (Wildman–Crippen MR) is 85.8 cm³/mol. The molecular weight excluding hydrogens is 351 g/mol. The Hall–Kier alpha value is -1.40. The molecule has 0 fully saturated rings. The monoisotopic (exact) mass is 366 g/mol. The number of amides is 1. The number of hydrogen-bond acceptors (Lipinski definition) is 2. The second-order valence-electron chi connectivity index (χ2n) is 4.53. The van der Waals surface area contributed by atoms with Gasteiger partial charge in [0.15, 0.2) is 0 Å². The molecule has 0 aromatic heterocycles. The van der Waals surface area contributed by atoms with Crippen molar-refractivity contribution >= 4 is 34.2 Å². The Morgan fingerprint density at radius 1 is 1.11 bits per heavy atom. The van der Waals surface area contributed by atoms with Gasteiger partial charge in [-0.3, -0.25) is 4.79 Å². The van der Waals surface area contributed by atoms with E-state index in [2.05, 4.69) is 27.9 Å². The summed E-state index contributed by atoms with van der Waals surface area (Å²) in [4.78, 5) is 12.3. The number of nitrogens with two attached hydrogens (primary N) is 1. The van der Waals surface area contributed by atoms with Crippen LogP contribution in [0, 0.1) is 3.57 Å². The molecule has 1 atom stereocenters. The molecule has 0 saturated heterocycles. The zero-order chi connectivity index (χ0) is 13.9. The van der Waals surface area contributed by atoms with Crippen LogP contribution >= 0.6 is 22.6 Å². The van der Waals surface area contributed by atoms with E-state index in [0.717, 1.165) is 14.8 Å². The van der Waals surface area contributed by atoms with Gasteiger partial charge in [0, 0.05) is 9.26 Å². The molecule has 0 aliphatic heterocycles. The minimum Gasteiger partial charge on any atom is -0.324 e. The maximum absolute atomic E-state index is 12.3. The van der Waals surface area contributed by atoms with Gasteiger partial charge in [0.1, 0.15) is 5.54 Å². The molecule has 19 heavy (non-hydrogen) atoms. The lowest BCUT2D eigenvalue weighted by Gasteiger charge is -2.24. The first-order valence-corrected chi connectivity index (χ1v) is 6.99. The number of carbonyl (C=O) groups is 1. The summed E-state index contributed by atoms with van der Waals surface area (Å²) in [6.45, 7) is 1.71. The van der Waals surface area contributed by atoms with Crippen LogP contribution in [0.4, 0.5) is 5.69 Å². The second-order valence-corrected chi connectivity index (χ2v) is 5.78. The smallest absolute Gasteiger partial charge is 0.248 e. The summed E-state index contributed by atoms with van der Waals surface area (Å²) < 4.78 is 1.12. The lowest BCUT2D eigenvalue weighted by Crippen LogP contribution is -2.45. The minimum absolute atomic E-state index is 0.222. The fourth-order valence-electron chi connectivity index (χ4n) is 1.71. The molecular formula is C15H15IN2O. The third-order valence-electron chi connectivity index (χ3n) is 2.95. The van der Waals surface area contributed by atoms with Gasteiger partial charge in [-0.15, -0.1) is 0 Å². The zero-order valence-corrected chi connectivity index (χ0v) is 12.7. The Morgan fingerprint density at radius 2 is 1.68 bits per heavy atom. The Bertz CT molecular complexity index is 564. The van der Waals surface area contributed by atoms with E-state index in [0.29, 0.717) is 0 Å². The van der Waals surface area contributed by atoms with Crippen LogP contribution in [0.25, 0.3) is 0 Å². The summed E-state index contributed by atoms with van der Waals surface area (Å²) in [7, 11) is 0. The van der Waals surface area contributed by atoms with Crippen LogP contribution in [0.2, 0.25) is 0 Å². The molecule has 0 spiro atoms. The fraction of sp³-hybridized carbons (Fsp3) is 0.133. The van der Waals surface area contributed by atoms with Gasteiger partial charge >= 0.3 is 0 Å². The van der Waals surface area contributed by atoms with E-state index < -0.39 is 5.54 Å². The van der Waals surface area contributed by atoms with Gasteiger partial charge in [0.25, 0.3) is 0 Å². The van der Waals surface area contributed by atoms with Crippen molar-refractivity contribution in [2.75, 3.05) is 5.32 Å². The van der Waals surface area contributed by atoms with Gasteiger partial charge in [-0.2, -0.15) is 0 Å². The average molecular weight is 366 g/mol. The minimum atomic E-state index is -1.05. The average Bonchev–Trinajstić information content (AvgIpc) is 2.42. The number of benzene rings is 2. The number of carbonyl (C=O) groups excluding carboxylic acids is 1. The third-order valence-corrected chi connectivity index (χ3v) is 3.67. The van der Waals surface area contributed by atoms with Crippen molar-refractivity contribution in [3.05, 3.63) is 63.7 Å². The Labute approximate surface area is 126 Å². The Kier molecular flexibility index (Phi) is 4.21. The largest absolute Gasteiger partial charge is 0.324 e. The number of halogens is 1. The highest BCUT2D eigenvalue weighted by molar-refractivity contribution is 14.1. The SMILES string of the molecule is CC(N)(C(=O)Nc1ccc(I)cc1)c1ccccc1. The molecule has 0 aliphatic rings. The standard InChI is InChI=1S/C15H15IN2O/c1-15(17,11-5-3-2-4-6-11)14(19)18-13-9-7-12(16)8-10-13/h2-10H,17H2,1H3,(H,18,19). The van der Waals surface area contributed by atoms with Gasteiger partial charge in [-0.1, -0.05) is 30.3 Å². The van der Waals surface area contributed by atoms with Gasteiger partial charge in [0.05, 0.1) is 0 Å².